The van der Waals surface area contributed by atoms with E-state index in [1.807, 2.05) is 0 Å². The molecule has 3 rings (SSSR count). The topological polar surface area (TPSA) is 40.5 Å². The molecule has 0 amide bonds. The molecule has 0 atom stereocenters. The van der Waals surface area contributed by atoms with Gasteiger partial charge in [-0.25, -0.2) is 0 Å². The van der Waals surface area contributed by atoms with Crippen LogP contribution in [0.15, 0.2) is 30.3 Å². The second-order valence-corrected chi connectivity index (χ2v) is 9.70. The highest BCUT2D eigenvalue weighted by molar-refractivity contribution is 6.60. The van der Waals surface area contributed by atoms with Crippen LogP contribution < -0.4 is 5.46 Å². The van der Waals surface area contributed by atoms with Crippen molar-refractivity contribution in [2.45, 2.75) is 110 Å². The zero-order chi connectivity index (χ0) is 22.8. The van der Waals surface area contributed by atoms with Crippen LogP contribution in [0.25, 0.3) is 11.1 Å². The summed E-state index contributed by atoms with van der Waals surface area (Å²) in [5.41, 5.74) is 8.37. The van der Waals surface area contributed by atoms with Crippen molar-refractivity contribution in [2.24, 2.45) is 0 Å². The lowest BCUT2D eigenvalue weighted by Crippen LogP contribution is -2.37. The highest BCUT2D eigenvalue weighted by atomic mass is 16.4. The van der Waals surface area contributed by atoms with Crippen molar-refractivity contribution in [2.75, 3.05) is 0 Å². The number of benzene rings is 2. The van der Waals surface area contributed by atoms with E-state index < -0.39 is 7.12 Å². The van der Waals surface area contributed by atoms with Crippen LogP contribution in [0.1, 0.15) is 113 Å². The molecule has 2 aromatic carbocycles. The molecular formula is C29H43BO2. The highest BCUT2D eigenvalue weighted by Crippen LogP contribution is 2.38. The number of hydrogen-bond acceptors (Lipinski definition) is 2. The van der Waals surface area contributed by atoms with Crippen molar-refractivity contribution < 1.29 is 10.0 Å². The Bertz CT molecular complexity index is 843. The van der Waals surface area contributed by atoms with Gasteiger partial charge in [0.05, 0.1) is 0 Å². The average Bonchev–Trinajstić information content (AvgIpc) is 3.16. The van der Waals surface area contributed by atoms with E-state index in [2.05, 4.69) is 44.2 Å². The maximum absolute atomic E-state index is 10.5. The summed E-state index contributed by atoms with van der Waals surface area (Å²) in [5.74, 6) is 0. The Hall–Kier alpha value is -1.58. The molecule has 0 saturated heterocycles. The van der Waals surface area contributed by atoms with Gasteiger partial charge in [-0.15, -0.1) is 0 Å². The Balaban J connectivity index is 1.82. The largest absolute Gasteiger partial charge is 0.489 e. The normalized spacial score (nSPS) is 12.1. The first-order chi connectivity index (χ1) is 15.7. The second kappa shape index (κ2) is 13.2. The van der Waals surface area contributed by atoms with Crippen LogP contribution >= 0.6 is 0 Å². The molecule has 0 radical (unpaired) electrons. The number of aryl methyl sites for hydroxylation is 1. The first kappa shape index (κ1) is 25.1. The van der Waals surface area contributed by atoms with Crippen molar-refractivity contribution in [3.05, 3.63) is 52.6 Å². The summed E-state index contributed by atoms with van der Waals surface area (Å²) in [6, 6.07) is 11.0. The maximum atomic E-state index is 10.5. The molecule has 2 nitrogen and oxygen atoms in total. The summed E-state index contributed by atoms with van der Waals surface area (Å²) in [7, 11) is -1.39. The zero-order valence-corrected chi connectivity index (χ0v) is 20.5. The van der Waals surface area contributed by atoms with E-state index in [1.165, 1.54) is 98.4 Å². The predicted octanol–water partition coefficient (Wildman–Crippen LogP) is 6.74. The van der Waals surface area contributed by atoms with Crippen molar-refractivity contribution in [1.29, 1.82) is 0 Å². The van der Waals surface area contributed by atoms with E-state index in [9.17, 15) is 10.0 Å². The predicted molar refractivity (Wildman–Crippen MR) is 139 cm³/mol. The Morgan fingerprint density at radius 2 is 1.31 bits per heavy atom. The highest BCUT2D eigenvalue weighted by Gasteiger charge is 2.29. The van der Waals surface area contributed by atoms with Gasteiger partial charge in [0.1, 0.15) is 0 Å². The molecule has 2 N–H and O–H groups in total. The molecule has 0 aromatic heterocycles. The van der Waals surface area contributed by atoms with Crippen LogP contribution in [0, 0.1) is 0 Å². The Kier molecular flexibility index (Phi) is 10.3. The van der Waals surface area contributed by atoms with Crippen molar-refractivity contribution >= 4 is 12.6 Å². The van der Waals surface area contributed by atoms with Crippen molar-refractivity contribution in [3.63, 3.8) is 0 Å². The van der Waals surface area contributed by atoms with Crippen LogP contribution in [0.5, 0.6) is 0 Å². The van der Waals surface area contributed by atoms with Gasteiger partial charge in [-0.3, -0.25) is 0 Å². The third-order valence-electron chi connectivity index (χ3n) is 7.19. The quantitative estimate of drug-likeness (QED) is 0.205. The second-order valence-electron chi connectivity index (χ2n) is 9.70. The lowest BCUT2D eigenvalue weighted by atomic mass is 9.69. The molecule has 1 aliphatic rings. The van der Waals surface area contributed by atoms with Gasteiger partial charge in [0, 0.05) is 0 Å². The third-order valence-corrected chi connectivity index (χ3v) is 7.19. The summed E-state index contributed by atoms with van der Waals surface area (Å²) in [5, 5.41) is 20.9. The summed E-state index contributed by atoms with van der Waals surface area (Å²) < 4.78 is 0. The molecule has 0 aliphatic heterocycles. The van der Waals surface area contributed by atoms with E-state index in [0.29, 0.717) is 0 Å². The maximum Gasteiger partial charge on any atom is 0.489 e. The van der Waals surface area contributed by atoms with Gasteiger partial charge in [0.2, 0.25) is 0 Å². The van der Waals surface area contributed by atoms with Crippen molar-refractivity contribution in [3.8, 4) is 11.1 Å². The van der Waals surface area contributed by atoms with Crippen LogP contribution in [0.2, 0.25) is 0 Å². The first-order valence-corrected chi connectivity index (χ1v) is 13.3. The van der Waals surface area contributed by atoms with Gasteiger partial charge in [0.25, 0.3) is 0 Å². The molecule has 0 fully saturated rings. The molecule has 0 bridgehead atoms. The van der Waals surface area contributed by atoms with Gasteiger partial charge in [0.15, 0.2) is 0 Å². The summed E-state index contributed by atoms with van der Waals surface area (Å²) in [4.78, 5) is 0. The fraction of sp³-hybridized carbons (Fsp3) is 0.586. The molecule has 2 aromatic rings. The van der Waals surface area contributed by atoms with Crippen molar-refractivity contribution in [1.82, 2.24) is 0 Å². The molecule has 0 unspecified atom stereocenters. The van der Waals surface area contributed by atoms with Gasteiger partial charge >= 0.3 is 7.12 Å². The molecule has 0 spiro atoms. The number of hydrogen-bond donors (Lipinski definition) is 2. The van der Waals surface area contributed by atoms with Crippen LogP contribution in [-0.2, 0) is 19.3 Å². The van der Waals surface area contributed by atoms with Gasteiger partial charge in [-0.05, 0) is 70.9 Å². The molecule has 174 valence electrons. The van der Waals surface area contributed by atoms with E-state index in [4.69, 9.17) is 0 Å². The minimum Gasteiger partial charge on any atom is -0.423 e. The summed E-state index contributed by atoms with van der Waals surface area (Å²) in [6.07, 6.45) is 18.1. The van der Waals surface area contributed by atoms with Gasteiger partial charge < -0.3 is 10.0 Å². The Morgan fingerprint density at radius 3 is 1.97 bits per heavy atom. The first-order valence-electron chi connectivity index (χ1n) is 13.3. The molecule has 1 aliphatic carbocycles. The monoisotopic (exact) mass is 434 g/mol. The smallest absolute Gasteiger partial charge is 0.423 e. The molecule has 3 heteroatoms. The zero-order valence-electron chi connectivity index (χ0n) is 20.5. The van der Waals surface area contributed by atoms with Crippen LogP contribution in [0.4, 0.5) is 0 Å². The molecule has 0 saturated carbocycles. The standard InChI is InChI=1S/C29H43BO2/c1-3-5-7-9-11-13-17-24-21-27-25-19-16-15-18-23(25)22-28(27)29(30(31)32)26(24)20-14-12-10-8-6-4-2/h15-16,18-19,21,31-32H,3-14,17,20,22H2,1-2H3. The van der Waals surface area contributed by atoms with E-state index in [-0.39, 0.29) is 0 Å². The lowest BCUT2D eigenvalue weighted by molar-refractivity contribution is 0.425. The minimum atomic E-state index is -1.39. The summed E-state index contributed by atoms with van der Waals surface area (Å²) >= 11 is 0. The number of rotatable bonds is 15. The van der Waals surface area contributed by atoms with Gasteiger partial charge in [-0.1, -0.05) is 108 Å². The minimum absolute atomic E-state index is 0.813. The van der Waals surface area contributed by atoms with Crippen LogP contribution in [0.3, 0.4) is 0 Å². The Labute approximate surface area is 196 Å². The molecule has 0 heterocycles. The fourth-order valence-electron chi connectivity index (χ4n) is 5.41. The summed E-state index contributed by atoms with van der Waals surface area (Å²) in [6.45, 7) is 4.52. The van der Waals surface area contributed by atoms with E-state index in [1.54, 1.807) is 0 Å². The SMILES string of the molecule is CCCCCCCCc1cc2c(c(B(O)O)c1CCCCCCCC)Cc1ccccc1-2. The van der Waals surface area contributed by atoms with Gasteiger partial charge in [-0.2, -0.15) is 0 Å². The van der Waals surface area contributed by atoms with E-state index >= 15 is 0 Å². The number of unbranched alkanes of at least 4 members (excludes halogenated alkanes) is 10. The average molecular weight is 434 g/mol. The number of fused-ring (bicyclic) bond motifs is 3. The third kappa shape index (κ3) is 6.48. The van der Waals surface area contributed by atoms with E-state index in [0.717, 1.165) is 36.7 Å². The fourth-order valence-corrected chi connectivity index (χ4v) is 5.41. The molecular weight excluding hydrogens is 391 g/mol. The van der Waals surface area contributed by atoms with Crippen LogP contribution in [-0.4, -0.2) is 17.2 Å². The molecule has 32 heavy (non-hydrogen) atoms. The lowest BCUT2D eigenvalue weighted by Gasteiger charge is -2.20. The Morgan fingerprint density at radius 1 is 0.719 bits per heavy atom.